The van der Waals surface area contributed by atoms with Crippen molar-refractivity contribution in [2.75, 3.05) is 31.6 Å². The maximum absolute atomic E-state index is 13.1. The largest absolute Gasteiger partial charge is 0.459 e. The molecule has 3 aromatic rings. The number of amides is 2. The Labute approximate surface area is 195 Å². The zero-order chi connectivity index (χ0) is 23.4. The number of nitrogens with one attached hydrogen (secondary N) is 2. The van der Waals surface area contributed by atoms with Crippen LogP contribution in [0.2, 0.25) is 0 Å². The summed E-state index contributed by atoms with van der Waals surface area (Å²) in [6.07, 6.45) is 1.41. The Bertz CT molecular complexity index is 1240. The zero-order valence-corrected chi connectivity index (χ0v) is 19.5. The van der Waals surface area contributed by atoms with Crippen molar-refractivity contribution in [2.24, 2.45) is 0 Å². The van der Waals surface area contributed by atoms with Gasteiger partial charge in [0.15, 0.2) is 5.76 Å². The first-order valence-electron chi connectivity index (χ1n) is 10.3. The Morgan fingerprint density at radius 2 is 1.85 bits per heavy atom. The number of furan rings is 1. The number of ether oxygens (including phenoxy) is 1. The summed E-state index contributed by atoms with van der Waals surface area (Å²) >= 11 is 1.13. The molecular formula is C22H23N3O6S2. The number of aryl methyl sites for hydroxylation is 1. The number of nitrogens with zero attached hydrogens (tertiary/aromatic N) is 1. The molecule has 0 atom stereocenters. The predicted molar refractivity (Wildman–Crippen MR) is 123 cm³/mol. The van der Waals surface area contributed by atoms with Gasteiger partial charge in [-0.05, 0) is 42.3 Å². The Hall–Kier alpha value is -2.99. The summed E-state index contributed by atoms with van der Waals surface area (Å²) in [7, 11) is -3.70. The highest BCUT2D eigenvalue weighted by Gasteiger charge is 2.28. The van der Waals surface area contributed by atoms with Crippen LogP contribution < -0.4 is 10.6 Å². The molecule has 1 fully saturated rings. The number of hydrogen-bond donors (Lipinski definition) is 2. The third-order valence-corrected chi connectivity index (χ3v) is 8.26. The van der Waals surface area contributed by atoms with Crippen LogP contribution in [-0.4, -0.2) is 50.8 Å². The maximum Gasteiger partial charge on any atom is 0.291 e. The SMILES string of the molecule is Cc1cc(NC(=O)c2ccco2)sc1C(=O)NCc1ccccc1S(=O)(=O)N1CCOCC1. The first-order chi connectivity index (χ1) is 15.9. The molecule has 174 valence electrons. The molecule has 2 aromatic heterocycles. The van der Waals surface area contributed by atoms with Gasteiger partial charge >= 0.3 is 0 Å². The van der Waals surface area contributed by atoms with E-state index < -0.39 is 15.9 Å². The van der Waals surface area contributed by atoms with Crippen molar-refractivity contribution >= 4 is 38.2 Å². The molecule has 2 N–H and O–H groups in total. The standard InChI is InChI=1S/C22H23N3O6S2/c1-15-13-19(24-21(26)17-6-4-10-31-17)32-20(15)22(27)23-14-16-5-2-3-7-18(16)33(28,29)25-8-11-30-12-9-25/h2-7,10,13H,8-9,11-12,14H2,1H3,(H,23,27)(H,24,26). The number of carbonyl (C=O) groups excluding carboxylic acids is 2. The lowest BCUT2D eigenvalue weighted by molar-refractivity contribution is 0.0730. The average molecular weight is 490 g/mol. The molecule has 33 heavy (non-hydrogen) atoms. The predicted octanol–water partition coefficient (Wildman–Crippen LogP) is 2.85. The van der Waals surface area contributed by atoms with Gasteiger partial charge in [0.1, 0.15) is 0 Å². The minimum absolute atomic E-state index is 0.0456. The number of benzene rings is 1. The summed E-state index contributed by atoms with van der Waals surface area (Å²) < 4.78 is 37.9. The van der Waals surface area contributed by atoms with E-state index >= 15 is 0 Å². The molecule has 0 radical (unpaired) electrons. The maximum atomic E-state index is 13.1. The number of anilines is 1. The molecule has 0 spiro atoms. The Balaban J connectivity index is 1.45. The molecule has 2 amide bonds. The van der Waals surface area contributed by atoms with Crippen LogP contribution in [0.5, 0.6) is 0 Å². The fraction of sp³-hybridized carbons (Fsp3) is 0.273. The van der Waals surface area contributed by atoms with Gasteiger partial charge in [0.2, 0.25) is 10.0 Å². The molecule has 1 aromatic carbocycles. The molecule has 1 aliphatic heterocycles. The van der Waals surface area contributed by atoms with Crippen LogP contribution in [-0.2, 0) is 21.3 Å². The van der Waals surface area contributed by atoms with E-state index in [1.807, 2.05) is 0 Å². The van der Waals surface area contributed by atoms with Gasteiger partial charge < -0.3 is 19.8 Å². The number of carbonyl (C=O) groups is 2. The van der Waals surface area contributed by atoms with Gasteiger partial charge in [-0.15, -0.1) is 11.3 Å². The van der Waals surface area contributed by atoms with E-state index in [2.05, 4.69) is 10.6 Å². The zero-order valence-electron chi connectivity index (χ0n) is 17.9. The first kappa shape index (κ1) is 23.2. The third-order valence-electron chi connectivity index (χ3n) is 5.11. The van der Waals surface area contributed by atoms with Crippen molar-refractivity contribution in [3.63, 3.8) is 0 Å². The van der Waals surface area contributed by atoms with E-state index in [1.54, 1.807) is 49.4 Å². The number of thiophene rings is 1. The van der Waals surface area contributed by atoms with Crippen LogP contribution in [0.15, 0.2) is 58.0 Å². The Kier molecular flexibility index (Phi) is 6.94. The van der Waals surface area contributed by atoms with E-state index in [0.717, 1.165) is 11.3 Å². The fourth-order valence-corrected chi connectivity index (χ4v) is 6.05. The summed E-state index contributed by atoms with van der Waals surface area (Å²) in [6, 6.07) is 11.5. The van der Waals surface area contributed by atoms with Gasteiger partial charge in [-0.1, -0.05) is 18.2 Å². The summed E-state index contributed by atoms with van der Waals surface area (Å²) in [6.45, 7) is 3.12. The summed E-state index contributed by atoms with van der Waals surface area (Å²) in [5, 5.41) is 6.02. The first-order valence-corrected chi connectivity index (χ1v) is 12.5. The molecule has 4 rings (SSSR count). The molecule has 3 heterocycles. The van der Waals surface area contributed by atoms with Crippen molar-refractivity contribution in [3.05, 3.63) is 70.5 Å². The lowest BCUT2D eigenvalue weighted by Crippen LogP contribution is -2.41. The van der Waals surface area contributed by atoms with Gasteiger partial charge in [-0.3, -0.25) is 9.59 Å². The van der Waals surface area contributed by atoms with Crippen molar-refractivity contribution < 1.29 is 27.2 Å². The topological polar surface area (TPSA) is 118 Å². The van der Waals surface area contributed by atoms with Gasteiger partial charge in [0.25, 0.3) is 11.8 Å². The third kappa shape index (κ3) is 5.17. The quantitative estimate of drug-likeness (QED) is 0.527. The van der Waals surface area contributed by atoms with Crippen LogP contribution in [0.3, 0.4) is 0 Å². The molecule has 9 nitrogen and oxygen atoms in total. The molecular weight excluding hydrogens is 466 g/mol. The van der Waals surface area contributed by atoms with Crippen LogP contribution in [0, 0.1) is 6.92 Å². The minimum Gasteiger partial charge on any atom is -0.459 e. The van der Waals surface area contributed by atoms with Crippen molar-refractivity contribution in [1.29, 1.82) is 0 Å². The second kappa shape index (κ2) is 9.87. The molecule has 0 unspecified atom stereocenters. The molecule has 0 saturated carbocycles. The molecule has 11 heteroatoms. The second-order valence-corrected chi connectivity index (χ2v) is 10.3. The number of rotatable bonds is 7. The van der Waals surface area contributed by atoms with Gasteiger partial charge in [0.05, 0.1) is 34.3 Å². The smallest absolute Gasteiger partial charge is 0.291 e. The lowest BCUT2D eigenvalue weighted by Gasteiger charge is -2.27. The van der Waals surface area contributed by atoms with Crippen LogP contribution in [0.1, 0.15) is 31.4 Å². The van der Waals surface area contributed by atoms with E-state index in [9.17, 15) is 18.0 Å². The number of sulfonamides is 1. The van der Waals surface area contributed by atoms with Crippen molar-refractivity contribution in [1.82, 2.24) is 9.62 Å². The molecule has 0 aliphatic carbocycles. The number of morpholine rings is 1. The van der Waals surface area contributed by atoms with E-state index in [-0.39, 0.29) is 23.1 Å². The van der Waals surface area contributed by atoms with Gasteiger partial charge in [-0.25, -0.2) is 8.42 Å². The summed E-state index contributed by atoms with van der Waals surface area (Å²) in [5.41, 5.74) is 1.19. The number of hydrogen-bond acceptors (Lipinski definition) is 7. The Morgan fingerprint density at radius 3 is 2.58 bits per heavy atom. The monoisotopic (exact) mass is 489 g/mol. The van der Waals surface area contributed by atoms with Crippen LogP contribution in [0.4, 0.5) is 5.00 Å². The fourth-order valence-electron chi connectivity index (χ4n) is 3.43. The van der Waals surface area contributed by atoms with Crippen LogP contribution >= 0.6 is 11.3 Å². The molecule has 1 aliphatic rings. The van der Waals surface area contributed by atoms with E-state index in [4.69, 9.17) is 9.15 Å². The average Bonchev–Trinajstić information content (AvgIpc) is 3.48. The van der Waals surface area contributed by atoms with Crippen molar-refractivity contribution in [3.8, 4) is 0 Å². The van der Waals surface area contributed by atoms with E-state index in [1.165, 1.54) is 10.6 Å². The van der Waals surface area contributed by atoms with Gasteiger partial charge in [-0.2, -0.15) is 4.31 Å². The highest BCUT2D eigenvalue weighted by atomic mass is 32.2. The van der Waals surface area contributed by atoms with Crippen LogP contribution in [0.25, 0.3) is 0 Å². The summed E-state index contributed by atoms with van der Waals surface area (Å²) in [5.74, 6) is -0.588. The van der Waals surface area contributed by atoms with Gasteiger partial charge in [0, 0.05) is 19.6 Å². The minimum atomic E-state index is -3.70. The molecule has 0 bridgehead atoms. The highest BCUT2D eigenvalue weighted by Crippen LogP contribution is 2.27. The molecule has 1 saturated heterocycles. The second-order valence-electron chi connectivity index (χ2n) is 7.36. The van der Waals surface area contributed by atoms with E-state index in [0.29, 0.717) is 47.3 Å². The van der Waals surface area contributed by atoms with Crippen molar-refractivity contribution in [2.45, 2.75) is 18.4 Å². The summed E-state index contributed by atoms with van der Waals surface area (Å²) in [4.78, 5) is 25.6. The highest BCUT2D eigenvalue weighted by molar-refractivity contribution is 7.89. The normalized spacial score (nSPS) is 14.7. The lowest BCUT2D eigenvalue weighted by atomic mass is 10.2. The Morgan fingerprint density at radius 1 is 1.09 bits per heavy atom.